The Morgan fingerprint density at radius 2 is 2.15 bits per heavy atom. The van der Waals surface area contributed by atoms with Gasteiger partial charge in [0.05, 0.1) is 4.90 Å². The van der Waals surface area contributed by atoms with Crippen LogP contribution in [0, 0.1) is 6.92 Å². The van der Waals surface area contributed by atoms with Crippen molar-refractivity contribution in [1.82, 2.24) is 4.72 Å². The molecule has 1 aromatic carbocycles. The first-order chi connectivity index (χ1) is 9.40. The van der Waals surface area contributed by atoms with Crippen molar-refractivity contribution in [1.29, 1.82) is 0 Å². The molecule has 0 bridgehead atoms. The molecule has 0 amide bonds. The van der Waals surface area contributed by atoms with Crippen molar-refractivity contribution in [3.63, 3.8) is 0 Å². The maximum absolute atomic E-state index is 12.3. The van der Waals surface area contributed by atoms with Gasteiger partial charge in [0, 0.05) is 16.7 Å². The van der Waals surface area contributed by atoms with Gasteiger partial charge in [0.25, 0.3) is 0 Å². The zero-order chi connectivity index (χ0) is 14.8. The van der Waals surface area contributed by atoms with E-state index in [9.17, 15) is 8.42 Å². The van der Waals surface area contributed by atoms with Gasteiger partial charge in [-0.1, -0.05) is 0 Å². The van der Waals surface area contributed by atoms with E-state index in [0.717, 1.165) is 5.56 Å². The summed E-state index contributed by atoms with van der Waals surface area (Å²) >= 11 is 4.89. The lowest BCUT2D eigenvalue weighted by molar-refractivity contribution is 0.581. The lowest BCUT2D eigenvalue weighted by atomic mass is 10.2. The number of benzene rings is 1. The summed E-state index contributed by atoms with van der Waals surface area (Å²) in [7, 11) is -3.53. The van der Waals surface area contributed by atoms with Crippen LogP contribution in [0.3, 0.4) is 0 Å². The number of sulfonamides is 1. The van der Waals surface area contributed by atoms with E-state index < -0.39 is 10.0 Å². The van der Waals surface area contributed by atoms with Crippen LogP contribution in [0.1, 0.15) is 11.1 Å². The number of nitrogen functional groups attached to an aromatic ring is 1. The van der Waals surface area contributed by atoms with E-state index in [1.807, 2.05) is 16.8 Å². The molecule has 20 heavy (non-hydrogen) atoms. The van der Waals surface area contributed by atoms with Crippen LogP contribution in [0.25, 0.3) is 0 Å². The molecule has 0 aliphatic carbocycles. The first kappa shape index (κ1) is 15.5. The van der Waals surface area contributed by atoms with Crippen LogP contribution in [-0.4, -0.2) is 15.0 Å². The molecule has 0 saturated carbocycles. The fraction of sp³-hybridized carbons (Fsp3) is 0.231. The monoisotopic (exact) mass is 374 g/mol. The van der Waals surface area contributed by atoms with E-state index >= 15 is 0 Å². The summed E-state index contributed by atoms with van der Waals surface area (Å²) in [5, 5.41) is 3.99. The fourth-order valence-electron chi connectivity index (χ4n) is 1.80. The van der Waals surface area contributed by atoms with E-state index in [0.29, 0.717) is 28.7 Å². The van der Waals surface area contributed by atoms with Crippen LogP contribution in [0.15, 0.2) is 38.3 Å². The third kappa shape index (κ3) is 3.60. The minimum absolute atomic E-state index is 0.225. The van der Waals surface area contributed by atoms with Crippen LogP contribution < -0.4 is 10.5 Å². The predicted molar refractivity (Wildman–Crippen MR) is 86.5 cm³/mol. The molecule has 2 aromatic rings. The molecule has 1 aromatic heterocycles. The van der Waals surface area contributed by atoms with E-state index in [1.54, 1.807) is 24.3 Å². The Kier molecular flexibility index (Phi) is 4.85. The molecule has 108 valence electrons. The highest BCUT2D eigenvalue weighted by Gasteiger charge is 2.17. The van der Waals surface area contributed by atoms with Crippen molar-refractivity contribution < 1.29 is 8.42 Å². The number of rotatable bonds is 5. The molecule has 7 heteroatoms. The number of halogens is 1. The molecule has 0 radical (unpaired) electrons. The van der Waals surface area contributed by atoms with Gasteiger partial charge in [0.1, 0.15) is 0 Å². The standard InChI is InChI=1S/C13H15BrN2O2S2/c1-9-6-11(14)12(15)7-13(9)20(17,18)16-4-2-10-3-5-19-8-10/h3,5-8,16H,2,4,15H2,1H3. The van der Waals surface area contributed by atoms with E-state index in [-0.39, 0.29) is 4.90 Å². The molecular weight excluding hydrogens is 360 g/mol. The SMILES string of the molecule is Cc1cc(Br)c(N)cc1S(=O)(=O)NCCc1ccsc1. The average Bonchev–Trinajstić information content (AvgIpc) is 2.86. The molecular formula is C13H15BrN2O2S2. The van der Waals surface area contributed by atoms with Crippen molar-refractivity contribution in [2.45, 2.75) is 18.2 Å². The fourth-order valence-corrected chi connectivity index (χ4v) is 4.25. The maximum Gasteiger partial charge on any atom is 0.240 e. The maximum atomic E-state index is 12.3. The summed E-state index contributed by atoms with van der Waals surface area (Å²) in [4.78, 5) is 0.225. The Morgan fingerprint density at radius 1 is 1.40 bits per heavy atom. The quantitative estimate of drug-likeness (QED) is 0.790. The molecule has 0 unspecified atom stereocenters. The van der Waals surface area contributed by atoms with Crippen LogP contribution >= 0.6 is 27.3 Å². The summed E-state index contributed by atoms with van der Waals surface area (Å²) in [6, 6.07) is 5.18. The van der Waals surface area contributed by atoms with Crippen molar-refractivity contribution in [2.24, 2.45) is 0 Å². The number of hydrogen-bond acceptors (Lipinski definition) is 4. The first-order valence-corrected chi connectivity index (χ1v) is 9.18. The van der Waals surface area contributed by atoms with Gasteiger partial charge in [-0.3, -0.25) is 0 Å². The molecule has 3 N–H and O–H groups in total. The molecule has 2 rings (SSSR count). The van der Waals surface area contributed by atoms with Crippen molar-refractivity contribution in [3.05, 3.63) is 44.6 Å². The molecule has 0 aliphatic rings. The Bertz CT molecular complexity index is 697. The lowest BCUT2D eigenvalue weighted by Crippen LogP contribution is -2.26. The van der Waals surface area contributed by atoms with E-state index in [2.05, 4.69) is 20.7 Å². The summed E-state index contributed by atoms with van der Waals surface area (Å²) in [6.45, 7) is 2.12. The van der Waals surface area contributed by atoms with Gasteiger partial charge in [-0.25, -0.2) is 13.1 Å². The third-order valence-electron chi connectivity index (χ3n) is 2.87. The highest BCUT2D eigenvalue weighted by molar-refractivity contribution is 9.10. The summed E-state index contributed by atoms with van der Waals surface area (Å²) in [6.07, 6.45) is 0.674. The van der Waals surface area contributed by atoms with Gasteiger partial charge in [-0.05, 0) is 69.4 Å². The van der Waals surface area contributed by atoms with E-state index in [4.69, 9.17) is 5.73 Å². The van der Waals surface area contributed by atoms with Gasteiger partial charge in [-0.2, -0.15) is 11.3 Å². The molecule has 0 spiro atoms. The molecule has 0 fully saturated rings. The number of nitrogens with one attached hydrogen (secondary N) is 1. The zero-order valence-corrected chi connectivity index (χ0v) is 14.1. The first-order valence-electron chi connectivity index (χ1n) is 5.96. The Morgan fingerprint density at radius 3 is 2.80 bits per heavy atom. The largest absolute Gasteiger partial charge is 0.398 e. The van der Waals surface area contributed by atoms with Gasteiger partial charge >= 0.3 is 0 Å². The molecule has 4 nitrogen and oxygen atoms in total. The number of hydrogen-bond donors (Lipinski definition) is 2. The summed E-state index contributed by atoms with van der Waals surface area (Å²) in [5.74, 6) is 0. The average molecular weight is 375 g/mol. The van der Waals surface area contributed by atoms with E-state index in [1.165, 1.54) is 6.07 Å². The molecule has 0 atom stereocenters. The smallest absolute Gasteiger partial charge is 0.240 e. The summed E-state index contributed by atoms with van der Waals surface area (Å²) in [5.41, 5.74) is 7.96. The van der Waals surface area contributed by atoms with Crippen molar-refractivity contribution in [3.8, 4) is 0 Å². The minimum atomic E-state index is -3.53. The molecule has 0 aliphatic heterocycles. The highest BCUT2D eigenvalue weighted by atomic mass is 79.9. The third-order valence-corrected chi connectivity index (χ3v) is 5.89. The zero-order valence-electron chi connectivity index (χ0n) is 10.9. The summed E-state index contributed by atoms with van der Waals surface area (Å²) < 4.78 is 27.8. The second-order valence-corrected chi connectivity index (χ2v) is 7.79. The van der Waals surface area contributed by atoms with Gasteiger partial charge in [-0.15, -0.1) is 0 Å². The van der Waals surface area contributed by atoms with Gasteiger partial charge in [0.2, 0.25) is 10.0 Å². The second kappa shape index (κ2) is 6.26. The Labute approximate surface area is 131 Å². The molecule has 1 heterocycles. The highest BCUT2D eigenvalue weighted by Crippen LogP contribution is 2.26. The number of anilines is 1. The number of nitrogens with two attached hydrogens (primary N) is 1. The Balaban J connectivity index is 2.12. The normalized spacial score (nSPS) is 11.7. The van der Waals surface area contributed by atoms with Crippen LogP contribution in [0.5, 0.6) is 0 Å². The van der Waals surface area contributed by atoms with Crippen molar-refractivity contribution >= 4 is 43.0 Å². The predicted octanol–water partition coefficient (Wildman–Crippen LogP) is 2.92. The van der Waals surface area contributed by atoms with Crippen LogP contribution in [0.2, 0.25) is 0 Å². The molecule has 0 saturated heterocycles. The number of aryl methyl sites for hydroxylation is 1. The van der Waals surface area contributed by atoms with Crippen LogP contribution in [-0.2, 0) is 16.4 Å². The van der Waals surface area contributed by atoms with Crippen molar-refractivity contribution in [2.75, 3.05) is 12.3 Å². The van der Waals surface area contributed by atoms with Crippen LogP contribution in [0.4, 0.5) is 5.69 Å². The second-order valence-electron chi connectivity index (χ2n) is 4.42. The Hall–Kier alpha value is -0.890. The number of thiophene rings is 1. The minimum Gasteiger partial charge on any atom is -0.398 e. The lowest BCUT2D eigenvalue weighted by Gasteiger charge is -2.11. The topological polar surface area (TPSA) is 72.2 Å². The van der Waals surface area contributed by atoms with Gasteiger partial charge in [0.15, 0.2) is 0 Å². The van der Waals surface area contributed by atoms with Gasteiger partial charge < -0.3 is 5.73 Å².